The Morgan fingerprint density at radius 3 is 2.58 bits per heavy atom. The third-order valence-corrected chi connectivity index (χ3v) is 6.94. The average molecular weight is 447 g/mol. The molecule has 174 valence electrons. The van der Waals surface area contributed by atoms with Crippen molar-refractivity contribution in [3.8, 4) is 0 Å². The molecule has 2 bridgehead atoms. The first kappa shape index (κ1) is 21.8. The maximum Gasteiger partial charge on any atom is 0.254 e. The number of nitrogens with one attached hydrogen (secondary N) is 3. The van der Waals surface area contributed by atoms with Gasteiger partial charge in [0.05, 0.1) is 11.3 Å². The molecule has 7 heteroatoms. The van der Waals surface area contributed by atoms with E-state index >= 15 is 0 Å². The molecule has 1 amide bonds. The summed E-state index contributed by atoms with van der Waals surface area (Å²) >= 11 is 0. The van der Waals surface area contributed by atoms with Gasteiger partial charge < -0.3 is 25.4 Å². The molecule has 1 aromatic carbocycles. The summed E-state index contributed by atoms with van der Waals surface area (Å²) < 4.78 is 2.09. The Balaban J connectivity index is 1.21. The number of fused-ring (bicyclic) bond motifs is 3. The minimum atomic E-state index is -0.0856. The molecule has 33 heavy (non-hydrogen) atoms. The van der Waals surface area contributed by atoms with Gasteiger partial charge in [0.15, 0.2) is 0 Å². The Hall–Kier alpha value is -3.06. The van der Waals surface area contributed by atoms with Crippen LogP contribution in [-0.2, 0) is 13.0 Å². The van der Waals surface area contributed by atoms with Crippen LogP contribution in [0, 0.1) is 0 Å². The molecule has 2 aliphatic rings. The number of carbonyl (C=O) groups excluding carboxylic acids is 1. The van der Waals surface area contributed by atoms with Gasteiger partial charge in [0.2, 0.25) is 0 Å². The molecule has 2 atom stereocenters. The summed E-state index contributed by atoms with van der Waals surface area (Å²) in [5, 5.41) is 11.1. The van der Waals surface area contributed by atoms with Gasteiger partial charge in [0, 0.05) is 68.3 Å². The second kappa shape index (κ2) is 9.43. The fourth-order valence-corrected chi connectivity index (χ4v) is 5.23. The van der Waals surface area contributed by atoms with Crippen molar-refractivity contribution in [2.24, 2.45) is 0 Å². The van der Waals surface area contributed by atoms with E-state index in [-0.39, 0.29) is 5.91 Å². The lowest BCUT2D eigenvalue weighted by Gasteiger charge is -2.34. The van der Waals surface area contributed by atoms with Crippen LogP contribution in [0.4, 0.5) is 11.4 Å². The molecule has 0 saturated carbocycles. The zero-order chi connectivity index (χ0) is 22.8. The first-order chi connectivity index (χ1) is 16.2. The SMILES string of the molecule is CCNc1c(C(=O)NCCc2ccc(N3CC4CCC(C3)N4)cc2)cnc2c1ccn2CC. The van der Waals surface area contributed by atoms with Crippen molar-refractivity contribution in [3.05, 3.63) is 53.9 Å². The number of nitrogens with zero attached hydrogens (tertiary/aromatic N) is 3. The largest absolute Gasteiger partial charge is 0.384 e. The summed E-state index contributed by atoms with van der Waals surface area (Å²) in [5.41, 5.74) is 4.90. The Kier molecular flexibility index (Phi) is 6.22. The van der Waals surface area contributed by atoms with Gasteiger partial charge in [-0.3, -0.25) is 4.79 Å². The predicted octanol–water partition coefficient (Wildman–Crippen LogP) is 3.40. The monoisotopic (exact) mass is 446 g/mol. The van der Waals surface area contributed by atoms with Gasteiger partial charge in [-0.1, -0.05) is 12.1 Å². The van der Waals surface area contributed by atoms with Gasteiger partial charge in [-0.2, -0.15) is 0 Å². The van der Waals surface area contributed by atoms with Crippen LogP contribution >= 0.6 is 0 Å². The third kappa shape index (κ3) is 4.42. The number of pyridine rings is 1. The van der Waals surface area contributed by atoms with Gasteiger partial charge >= 0.3 is 0 Å². The lowest BCUT2D eigenvalue weighted by atomic mass is 10.1. The maximum absolute atomic E-state index is 13.0. The fraction of sp³-hybridized carbons (Fsp3) is 0.462. The Labute approximate surface area is 195 Å². The number of benzene rings is 1. The Morgan fingerprint density at radius 2 is 1.88 bits per heavy atom. The van der Waals surface area contributed by atoms with Gasteiger partial charge in [-0.05, 0) is 56.9 Å². The van der Waals surface area contributed by atoms with Gasteiger partial charge in [-0.25, -0.2) is 4.98 Å². The Morgan fingerprint density at radius 1 is 1.12 bits per heavy atom. The molecule has 7 nitrogen and oxygen atoms in total. The molecule has 0 spiro atoms. The zero-order valence-electron chi connectivity index (χ0n) is 19.6. The highest BCUT2D eigenvalue weighted by molar-refractivity contribution is 6.06. The van der Waals surface area contributed by atoms with Gasteiger partial charge in [-0.15, -0.1) is 0 Å². The van der Waals surface area contributed by atoms with Crippen LogP contribution < -0.4 is 20.9 Å². The van der Waals surface area contributed by atoms with E-state index in [4.69, 9.17) is 0 Å². The standard InChI is InChI=1S/C26H34N6O/c1-3-27-24-22-12-14-31(4-2)25(22)29-15-23(24)26(33)28-13-11-18-5-9-21(10-6-18)32-16-19-7-8-20(17-32)30-19/h5-6,9-10,12,14-15,19-20,30H,3-4,7-8,11,13,16-17H2,1-2H3,(H,27,29)(H,28,33). The van der Waals surface area contributed by atoms with E-state index in [9.17, 15) is 4.79 Å². The minimum absolute atomic E-state index is 0.0856. The molecule has 0 radical (unpaired) electrons. The number of aromatic nitrogens is 2. The van der Waals surface area contributed by atoms with E-state index < -0.39 is 0 Å². The first-order valence-electron chi connectivity index (χ1n) is 12.3. The smallest absolute Gasteiger partial charge is 0.254 e. The Bertz CT molecular complexity index is 1110. The highest BCUT2D eigenvalue weighted by Gasteiger charge is 2.32. The van der Waals surface area contributed by atoms with Crippen LogP contribution in [0.5, 0.6) is 0 Å². The number of piperazine rings is 1. The molecule has 2 saturated heterocycles. The van der Waals surface area contributed by atoms with Crippen molar-refractivity contribution in [1.29, 1.82) is 0 Å². The van der Waals surface area contributed by atoms with Crippen LogP contribution in [0.1, 0.15) is 42.6 Å². The molecule has 4 heterocycles. The summed E-state index contributed by atoms with van der Waals surface area (Å²) in [6.07, 6.45) is 7.10. The molecule has 3 aromatic rings. The van der Waals surface area contributed by atoms with Crippen molar-refractivity contribution in [3.63, 3.8) is 0 Å². The fourth-order valence-electron chi connectivity index (χ4n) is 5.23. The van der Waals surface area contributed by atoms with Crippen molar-refractivity contribution in [1.82, 2.24) is 20.2 Å². The average Bonchev–Trinajstić information content (AvgIpc) is 3.41. The van der Waals surface area contributed by atoms with Crippen molar-refractivity contribution < 1.29 is 4.79 Å². The zero-order valence-corrected chi connectivity index (χ0v) is 19.6. The number of hydrogen-bond acceptors (Lipinski definition) is 5. The first-order valence-corrected chi connectivity index (χ1v) is 12.3. The molecule has 0 aliphatic carbocycles. The van der Waals surface area contributed by atoms with Gasteiger partial charge in [0.25, 0.3) is 5.91 Å². The molecule has 2 fully saturated rings. The predicted molar refractivity (Wildman–Crippen MR) is 134 cm³/mol. The summed E-state index contributed by atoms with van der Waals surface area (Å²) in [4.78, 5) is 20.0. The van der Waals surface area contributed by atoms with Crippen molar-refractivity contribution >= 4 is 28.3 Å². The van der Waals surface area contributed by atoms with Crippen LogP contribution in [0.15, 0.2) is 42.7 Å². The van der Waals surface area contributed by atoms with E-state index in [1.165, 1.54) is 24.1 Å². The molecule has 2 aromatic heterocycles. The van der Waals surface area contributed by atoms with E-state index in [1.54, 1.807) is 6.20 Å². The van der Waals surface area contributed by atoms with E-state index in [1.807, 2.05) is 19.2 Å². The second-order valence-electron chi connectivity index (χ2n) is 9.13. The molecular formula is C26H34N6O. The number of hydrogen-bond donors (Lipinski definition) is 3. The van der Waals surface area contributed by atoms with Crippen LogP contribution in [0.2, 0.25) is 0 Å². The van der Waals surface area contributed by atoms with Crippen LogP contribution in [-0.4, -0.2) is 53.7 Å². The van der Waals surface area contributed by atoms with E-state index in [0.717, 1.165) is 49.3 Å². The summed E-state index contributed by atoms with van der Waals surface area (Å²) in [6.45, 7) is 8.52. The number of carbonyl (C=O) groups is 1. The number of aryl methyl sites for hydroxylation is 1. The normalized spacial score (nSPS) is 19.8. The molecule has 5 rings (SSSR count). The number of anilines is 2. The lowest BCUT2D eigenvalue weighted by molar-refractivity contribution is 0.0954. The molecular weight excluding hydrogens is 412 g/mol. The number of amides is 1. The summed E-state index contributed by atoms with van der Waals surface area (Å²) in [6, 6.07) is 12.1. The molecule has 2 unspecified atom stereocenters. The maximum atomic E-state index is 13.0. The lowest BCUT2D eigenvalue weighted by Crippen LogP contribution is -2.51. The van der Waals surface area contributed by atoms with Crippen molar-refractivity contribution in [2.45, 2.75) is 51.7 Å². The topological polar surface area (TPSA) is 74.2 Å². The van der Waals surface area contributed by atoms with E-state index in [2.05, 4.69) is 61.6 Å². The quantitative estimate of drug-likeness (QED) is 0.495. The van der Waals surface area contributed by atoms with E-state index in [0.29, 0.717) is 24.2 Å². The summed E-state index contributed by atoms with van der Waals surface area (Å²) in [7, 11) is 0. The van der Waals surface area contributed by atoms with Crippen LogP contribution in [0.3, 0.4) is 0 Å². The minimum Gasteiger partial charge on any atom is -0.384 e. The van der Waals surface area contributed by atoms with Gasteiger partial charge in [0.1, 0.15) is 5.65 Å². The second-order valence-corrected chi connectivity index (χ2v) is 9.13. The molecule has 3 N–H and O–H groups in total. The number of rotatable bonds is 8. The van der Waals surface area contributed by atoms with Crippen molar-refractivity contribution in [2.75, 3.05) is 36.4 Å². The highest BCUT2D eigenvalue weighted by atomic mass is 16.1. The summed E-state index contributed by atoms with van der Waals surface area (Å²) in [5.74, 6) is -0.0856. The third-order valence-electron chi connectivity index (χ3n) is 6.94. The van der Waals surface area contributed by atoms with Crippen LogP contribution in [0.25, 0.3) is 11.0 Å². The molecule has 2 aliphatic heterocycles. The highest BCUT2D eigenvalue weighted by Crippen LogP contribution is 2.27.